The van der Waals surface area contributed by atoms with Gasteiger partial charge in [0.15, 0.2) is 5.78 Å². The molecule has 0 amide bonds. The van der Waals surface area contributed by atoms with Gasteiger partial charge in [-0.25, -0.2) is 0 Å². The van der Waals surface area contributed by atoms with E-state index in [1.807, 2.05) is 0 Å². The van der Waals surface area contributed by atoms with E-state index in [0.29, 0.717) is 12.6 Å². The number of hydrogen-bond acceptors (Lipinski definition) is 3. The smallest absolute Gasteiger partial charge is 0.175 e. The van der Waals surface area contributed by atoms with Crippen molar-refractivity contribution in [1.82, 2.24) is 5.32 Å². The fraction of sp³-hybridized carbons (Fsp3) is 0.750. The molecule has 0 radical (unpaired) electrons. The molecule has 0 aromatic carbocycles. The molecule has 2 rings (SSSR count). The third kappa shape index (κ3) is 3.06. The van der Waals surface area contributed by atoms with Gasteiger partial charge >= 0.3 is 0 Å². The lowest BCUT2D eigenvalue weighted by molar-refractivity contribution is -0.115. The minimum atomic E-state index is 0.210. The molecule has 3 nitrogen and oxygen atoms in total. The quantitative estimate of drug-likeness (QED) is 0.767. The van der Waals surface area contributed by atoms with Gasteiger partial charge < -0.3 is 10.1 Å². The van der Waals surface area contributed by atoms with Gasteiger partial charge in [0.05, 0.1) is 19.4 Å². The summed E-state index contributed by atoms with van der Waals surface area (Å²) in [6, 6.07) is 0.569. The summed E-state index contributed by atoms with van der Waals surface area (Å²) in [5, 5.41) is 3.33. The van der Waals surface area contributed by atoms with Crippen molar-refractivity contribution < 1.29 is 9.53 Å². The zero-order valence-corrected chi connectivity index (χ0v) is 9.13. The summed E-state index contributed by atoms with van der Waals surface area (Å²) in [7, 11) is 0. The van der Waals surface area contributed by atoms with E-state index >= 15 is 0 Å². The molecule has 1 heterocycles. The van der Waals surface area contributed by atoms with Crippen molar-refractivity contribution in [3.63, 3.8) is 0 Å². The van der Waals surface area contributed by atoms with Crippen LogP contribution in [0.15, 0.2) is 11.8 Å². The molecule has 0 atom stereocenters. The summed E-state index contributed by atoms with van der Waals surface area (Å²) < 4.78 is 5.16. The average molecular weight is 209 g/mol. The van der Waals surface area contributed by atoms with Crippen LogP contribution in [0.25, 0.3) is 0 Å². The van der Waals surface area contributed by atoms with Crippen LogP contribution in [-0.4, -0.2) is 25.0 Å². The third-order valence-electron chi connectivity index (χ3n) is 3.20. The highest BCUT2D eigenvalue weighted by Crippen LogP contribution is 2.18. The van der Waals surface area contributed by atoms with Crippen LogP contribution in [0.5, 0.6) is 0 Å². The molecule has 0 bridgehead atoms. The summed E-state index contributed by atoms with van der Waals surface area (Å²) in [4.78, 5) is 11.7. The van der Waals surface area contributed by atoms with Crippen LogP contribution in [0.4, 0.5) is 0 Å². The monoisotopic (exact) mass is 209 g/mol. The zero-order valence-electron chi connectivity index (χ0n) is 9.13. The predicted molar refractivity (Wildman–Crippen MR) is 58.5 cm³/mol. The lowest BCUT2D eigenvalue weighted by Crippen LogP contribution is -2.32. The number of nitrogens with one attached hydrogen (secondary N) is 1. The molecule has 1 aliphatic heterocycles. The van der Waals surface area contributed by atoms with Crippen molar-refractivity contribution in [2.75, 3.05) is 13.2 Å². The largest absolute Gasteiger partial charge is 0.501 e. The molecule has 0 unspecified atom stereocenters. The molecule has 1 fully saturated rings. The summed E-state index contributed by atoms with van der Waals surface area (Å²) in [6.07, 6.45) is 8.55. The van der Waals surface area contributed by atoms with Crippen LogP contribution in [0.2, 0.25) is 0 Å². The number of carbonyl (C=O) groups is 1. The summed E-state index contributed by atoms with van der Waals surface area (Å²) in [6.45, 7) is 1.24. The highest BCUT2D eigenvalue weighted by atomic mass is 16.5. The van der Waals surface area contributed by atoms with E-state index in [0.717, 1.165) is 25.0 Å². The molecular formula is C12H19NO2. The Morgan fingerprint density at radius 3 is 2.87 bits per heavy atom. The maximum Gasteiger partial charge on any atom is 0.175 e. The van der Waals surface area contributed by atoms with Gasteiger partial charge in [-0.1, -0.05) is 12.8 Å². The van der Waals surface area contributed by atoms with Crippen LogP contribution < -0.4 is 5.32 Å². The topological polar surface area (TPSA) is 38.3 Å². The van der Waals surface area contributed by atoms with Crippen molar-refractivity contribution in [2.24, 2.45) is 0 Å². The van der Waals surface area contributed by atoms with Gasteiger partial charge in [-0.3, -0.25) is 4.79 Å². The molecule has 2 aliphatic rings. The van der Waals surface area contributed by atoms with Crippen molar-refractivity contribution in [2.45, 2.75) is 44.6 Å². The Morgan fingerprint density at radius 2 is 2.20 bits per heavy atom. The van der Waals surface area contributed by atoms with Crippen LogP contribution in [-0.2, 0) is 9.53 Å². The van der Waals surface area contributed by atoms with Gasteiger partial charge in [0, 0.05) is 11.6 Å². The first-order valence-electron chi connectivity index (χ1n) is 5.93. The number of ether oxygens (including phenoxy) is 1. The minimum Gasteiger partial charge on any atom is -0.501 e. The number of Topliss-reactive ketones (excluding diaryl/α,β-unsaturated/α-hetero) is 1. The van der Waals surface area contributed by atoms with E-state index in [-0.39, 0.29) is 5.78 Å². The number of ketones is 1. The fourth-order valence-electron chi connectivity index (χ4n) is 2.25. The van der Waals surface area contributed by atoms with Crippen LogP contribution in [0.3, 0.4) is 0 Å². The van der Waals surface area contributed by atoms with E-state index in [1.165, 1.54) is 25.7 Å². The third-order valence-corrected chi connectivity index (χ3v) is 3.20. The Labute approximate surface area is 90.9 Å². The van der Waals surface area contributed by atoms with Crippen molar-refractivity contribution in [3.8, 4) is 0 Å². The molecule has 1 aliphatic carbocycles. The number of hydrogen-bond donors (Lipinski definition) is 1. The second kappa shape index (κ2) is 5.31. The van der Waals surface area contributed by atoms with Crippen molar-refractivity contribution >= 4 is 5.78 Å². The highest BCUT2D eigenvalue weighted by molar-refractivity contribution is 5.96. The number of carbonyl (C=O) groups excluding carboxylic acids is 1. The van der Waals surface area contributed by atoms with Crippen LogP contribution >= 0.6 is 0 Å². The maximum absolute atomic E-state index is 11.7. The first-order chi connectivity index (χ1) is 7.36. The molecule has 3 heteroatoms. The molecule has 84 valence electrons. The van der Waals surface area contributed by atoms with E-state index in [1.54, 1.807) is 6.26 Å². The summed E-state index contributed by atoms with van der Waals surface area (Å²) >= 11 is 0. The normalized spacial score (nSPS) is 22.3. The second-order valence-electron chi connectivity index (χ2n) is 4.40. The highest BCUT2D eigenvalue weighted by Gasteiger charge is 2.17. The van der Waals surface area contributed by atoms with Gasteiger partial charge in [-0.15, -0.1) is 0 Å². The molecular weight excluding hydrogens is 190 g/mol. The van der Waals surface area contributed by atoms with E-state index in [9.17, 15) is 4.79 Å². The minimum absolute atomic E-state index is 0.210. The SMILES string of the molecule is O=C(CNC1CCCC1)C1=COCCC1. The molecule has 1 N–H and O–H groups in total. The van der Waals surface area contributed by atoms with Crippen molar-refractivity contribution in [1.29, 1.82) is 0 Å². The standard InChI is InChI=1S/C12H19NO2/c14-12(10-4-3-7-15-9-10)8-13-11-5-1-2-6-11/h9,11,13H,1-8H2. The van der Waals surface area contributed by atoms with Gasteiger partial charge in [-0.2, -0.15) is 0 Å². The predicted octanol–water partition coefficient (Wildman–Crippen LogP) is 1.78. The summed E-state index contributed by atoms with van der Waals surface area (Å²) in [5.41, 5.74) is 0.853. The average Bonchev–Trinajstić information content (AvgIpc) is 2.80. The van der Waals surface area contributed by atoms with Crippen molar-refractivity contribution in [3.05, 3.63) is 11.8 Å². The fourth-order valence-corrected chi connectivity index (χ4v) is 2.25. The molecule has 0 spiro atoms. The molecule has 0 saturated heterocycles. The van der Waals surface area contributed by atoms with E-state index in [4.69, 9.17) is 4.74 Å². The maximum atomic E-state index is 11.7. The molecule has 0 aromatic heterocycles. The van der Waals surface area contributed by atoms with Crippen LogP contribution in [0, 0.1) is 0 Å². The number of rotatable bonds is 4. The Hall–Kier alpha value is -0.830. The lowest BCUT2D eigenvalue weighted by Gasteiger charge is -2.15. The first-order valence-corrected chi connectivity index (χ1v) is 5.93. The van der Waals surface area contributed by atoms with E-state index in [2.05, 4.69) is 5.32 Å². The first kappa shape index (κ1) is 10.7. The molecule has 15 heavy (non-hydrogen) atoms. The molecule has 1 saturated carbocycles. The lowest BCUT2D eigenvalue weighted by atomic mass is 10.1. The van der Waals surface area contributed by atoms with Crippen LogP contribution in [0.1, 0.15) is 38.5 Å². The molecule has 0 aromatic rings. The van der Waals surface area contributed by atoms with Gasteiger partial charge in [0.2, 0.25) is 0 Å². The van der Waals surface area contributed by atoms with Gasteiger partial charge in [0.1, 0.15) is 0 Å². The zero-order chi connectivity index (χ0) is 10.5. The Morgan fingerprint density at radius 1 is 1.40 bits per heavy atom. The van der Waals surface area contributed by atoms with Gasteiger partial charge in [-0.05, 0) is 25.7 Å². The van der Waals surface area contributed by atoms with Gasteiger partial charge in [0.25, 0.3) is 0 Å². The second-order valence-corrected chi connectivity index (χ2v) is 4.40. The Bertz CT molecular complexity index is 254. The Kier molecular flexibility index (Phi) is 3.78. The summed E-state index contributed by atoms with van der Waals surface area (Å²) in [5.74, 6) is 0.210. The Balaban J connectivity index is 1.73. The van der Waals surface area contributed by atoms with E-state index < -0.39 is 0 Å².